The lowest BCUT2D eigenvalue weighted by Gasteiger charge is -2.53. The smallest absolute Gasteiger partial charge is 0.0666 e. The second-order valence-corrected chi connectivity index (χ2v) is 6.64. The average molecular weight is 254 g/mol. The van der Waals surface area contributed by atoms with Crippen LogP contribution >= 0.6 is 0 Å². The van der Waals surface area contributed by atoms with Crippen molar-refractivity contribution in [3.8, 4) is 0 Å². The van der Waals surface area contributed by atoms with Gasteiger partial charge in [0.25, 0.3) is 0 Å². The van der Waals surface area contributed by atoms with Crippen molar-refractivity contribution in [3.63, 3.8) is 0 Å². The Labute approximate surface area is 110 Å². The Hall–Kier alpha value is -0.380. The van der Waals surface area contributed by atoms with Crippen LogP contribution in [0.2, 0.25) is 0 Å². The van der Waals surface area contributed by atoms with E-state index in [2.05, 4.69) is 6.92 Å². The first-order valence-corrected chi connectivity index (χ1v) is 7.07. The molecule has 0 aliphatic heterocycles. The summed E-state index contributed by atoms with van der Waals surface area (Å²) < 4.78 is 0. The van der Waals surface area contributed by atoms with E-state index in [0.717, 1.165) is 37.7 Å². The molecule has 0 spiro atoms. The Kier molecular flexibility index (Phi) is 3.86. The summed E-state index contributed by atoms with van der Waals surface area (Å²) in [5.41, 5.74) is 1.55. The lowest BCUT2D eigenvalue weighted by atomic mass is 9.54. The van der Waals surface area contributed by atoms with Crippen LogP contribution in [0.3, 0.4) is 0 Å². The molecule has 0 bridgehead atoms. The van der Waals surface area contributed by atoms with Crippen LogP contribution in [0.4, 0.5) is 0 Å². The molecule has 2 fully saturated rings. The zero-order chi connectivity index (χ0) is 13.4. The molecule has 2 aliphatic carbocycles. The van der Waals surface area contributed by atoms with Crippen molar-refractivity contribution in [1.82, 2.24) is 0 Å². The fraction of sp³-hybridized carbons (Fsp3) is 0.867. The minimum atomic E-state index is -0.602. The van der Waals surface area contributed by atoms with Gasteiger partial charge in [0.05, 0.1) is 18.8 Å². The Balaban J connectivity index is 2.27. The molecule has 0 saturated heterocycles. The predicted octanol–water partition coefficient (Wildman–Crippen LogP) is 2.01. The van der Waals surface area contributed by atoms with E-state index >= 15 is 0 Å². The Bertz CT molecular complexity index is 340. The quantitative estimate of drug-likeness (QED) is 0.661. The van der Waals surface area contributed by atoms with Gasteiger partial charge in [-0.05, 0) is 55.9 Å². The molecule has 3 atom stereocenters. The van der Waals surface area contributed by atoms with Crippen LogP contribution in [0.5, 0.6) is 0 Å². The average Bonchev–Trinajstić information content (AvgIpc) is 2.31. The van der Waals surface area contributed by atoms with Crippen molar-refractivity contribution in [2.75, 3.05) is 13.2 Å². The number of fused-ring (bicyclic) bond motifs is 1. The van der Waals surface area contributed by atoms with Gasteiger partial charge < -0.3 is 15.3 Å². The van der Waals surface area contributed by atoms with Gasteiger partial charge >= 0.3 is 0 Å². The minimum Gasteiger partial charge on any atom is -0.392 e. The van der Waals surface area contributed by atoms with E-state index in [1.54, 1.807) is 0 Å². The summed E-state index contributed by atoms with van der Waals surface area (Å²) >= 11 is 0. The number of hydrogen-bond acceptors (Lipinski definition) is 3. The highest BCUT2D eigenvalue weighted by molar-refractivity contribution is 5.21. The Morgan fingerprint density at radius 2 is 1.83 bits per heavy atom. The molecule has 0 aromatic carbocycles. The lowest BCUT2D eigenvalue weighted by molar-refractivity contribution is -0.105. The number of aliphatic hydroxyl groups excluding tert-OH is 2. The van der Waals surface area contributed by atoms with Crippen LogP contribution in [0.25, 0.3) is 0 Å². The molecule has 3 N–H and O–H groups in total. The van der Waals surface area contributed by atoms with Gasteiger partial charge in [0.1, 0.15) is 0 Å². The van der Waals surface area contributed by atoms with Crippen LogP contribution in [0.1, 0.15) is 52.4 Å². The highest BCUT2D eigenvalue weighted by Gasteiger charge is 2.49. The largest absolute Gasteiger partial charge is 0.392 e. The maximum atomic E-state index is 10.6. The number of hydrogen-bond donors (Lipinski definition) is 3. The molecule has 2 rings (SSSR count). The summed E-state index contributed by atoms with van der Waals surface area (Å²) in [5, 5.41) is 29.2. The van der Waals surface area contributed by atoms with Crippen molar-refractivity contribution in [3.05, 3.63) is 11.1 Å². The normalized spacial score (nSPS) is 40.5. The van der Waals surface area contributed by atoms with Gasteiger partial charge in [0.15, 0.2) is 0 Å². The first-order valence-electron chi connectivity index (χ1n) is 7.07. The number of allylic oxidation sites excluding steroid dienone is 1. The molecule has 104 valence electrons. The number of aliphatic hydroxyl groups is 3. The van der Waals surface area contributed by atoms with Crippen LogP contribution in [0, 0.1) is 11.3 Å². The first-order chi connectivity index (χ1) is 8.43. The summed E-state index contributed by atoms with van der Waals surface area (Å²) in [6.45, 7) is 4.13. The van der Waals surface area contributed by atoms with Gasteiger partial charge in [-0.3, -0.25) is 0 Å². The summed E-state index contributed by atoms with van der Waals surface area (Å²) in [6, 6.07) is 0. The molecule has 0 amide bonds. The van der Waals surface area contributed by atoms with E-state index < -0.39 is 5.60 Å². The lowest BCUT2D eigenvalue weighted by Crippen LogP contribution is -2.50. The maximum absolute atomic E-state index is 10.6. The molecule has 0 aromatic rings. The Morgan fingerprint density at radius 1 is 1.17 bits per heavy atom. The Morgan fingerprint density at radius 3 is 2.44 bits per heavy atom. The van der Waals surface area contributed by atoms with Gasteiger partial charge in [-0.25, -0.2) is 0 Å². The molecule has 2 aliphatic rings. The minimum absolute atomic E-state index is 0.0581. The van der Waals surface area contributed by atoms with Crippen molar-refractivity contribution in [2.24, 2.45) is 11.3 Å². The fourth-order valence-electron chi connectivity index (χ4n) is 4.09. The monoisotopic (exact) mass is 254 g/mol. The second kappa shape index (κ2) is 4.95. The molecular formula is C15H26O3. The van der Waals surface area contributed by atoms with Gasteiger partial charge in [0.2, 0.25) is 0 Å². The van der Waals surface area contributed by atoms with Crippen molar-refractivity contribution in [1.29, 1.82) is 0 Å². The summed E-state index contributed by atoms with van der Waals surface area (Å²) in [7, 11) is 0. The highest BCUT2D eigenvalue weighted by Crippen LogP contribution is 2.55. The molecule has 0 heterocycles. The van der Waals surface area contributed by atoms with E-state index in [-0.39, 0.29) is 24.5 Å². The molecule has 0 unspecified atom stereocenters. The van der Waals surface area contributed by atoms with Gasteiger partial charge in [-0.15, -0.1) is 0 Å². The topological polar surface area (TPSA) is 60.7 Å². The standard InChI is InChI=1S/C15H26O3/c1-14-5-3-6-15(2,18)13(14)8-11(4-7-14)12(9-16)10-17/h13,16-18H,3-10H2,1-2H3/t13-,14-,15-/m0/s1. The molecular weight excluding hydrogens is 228 g/mol. The number of rotatable bonds is 2. The summed E-state index contributed by atoms with van der Waals surface area (Å²) in [5.74, 6) is 0.260. The third kappa shape index (κ3) is 2.36. The second-order valence-electron chi connectivity index (χ2n) is 6.64. The van der Waals surface area contributed by atoms with E-state index in [0.29, 0.717) is 0 Å². The van der Waals surface area contributed by atoms with Crippen molar-refractivity contribution < 1.29 is 15.3 Å². The molecule has 2 saturated carbocycles. The van der Waals surface area contributed by atoms with Gasteiger partial charge in [0, 0.05) is 0 Å². The van der Waals surface area contributed by atoms with Crippen LogP contribution in [-0.2, 0) is 0 Å². The summed E-state index contributed by atoms with van der Waals surface area (Å²) in [4.78, 5) is 0. The molecule has 18 heavy (non-hydrogen) atoms. The van der Waals surface area contributed by atoms with E-state index in [1.165, 1.54) is 12.0 Å². The molecule has 3 nitrogen and oxygen atoms in total. The third-order valence-electron chi connectivity index (χ3n) is 5.35. The zero-order valence-electron chi connectivity index (χ0n) is 11.6. The van der Waals surface area contributed by atoms with Crippen LogP contribution in [0.15, 0.2) is 11.1 Å². The van der Waals surface area contributed by atoms with E-state index in [4.69, 9.17) is 0 Å². The van der Waals surface area contributed by atoms with Crippen molar-refractivity contribution >= 4 is 0 Å². The van der Waals surface area contributed by atoms with Gasteiger partial charge in [-0.1, -0.05) is 18.9 Å². The molecule has 0 aromatic heterocycles. The molecule has 0 radical (unpaired) electrons. The van der Waals surface area contributed by atoms with Crippen LogP contribution in [-0.4, -0.2) is 34.1 Å². The highest BCUT2D eigenvalue weighted by atomic mass is 16.3. The van der Waals surface area contributed by atoms with Crippen molar-refractivity contribution in [2.45, 2.75) is 58.0 Å². The predicted molar refractivity (Wildman–Crippen MR) is 71.1 cm³/mol. The summed E-state index contributed by atoms with van der Waals surface area (Å²) in [6.07, 6.45) is 6.01. The first kappa shape index (κ1) is 14.0. The fourth-order valence-corrected chi connectivity index (χ4v) is 4.09. The zero-order valence-corrected chi connectivity index (χ0v) is 11.6. The van der Waals surface area contributed by atoms with E-state index in [1.807, 2.05) is 6.92 Å². The maximum Gasteiger partial charge on any atom is 0.0666 e. The SMILES string of the molecule is C[C@@]12CCC[C@](C)(O)[C@H]1CC(=C(CO)CO)CC2. The van der Waals surface area contributed by atoms with E-state index in [9.17, 15) is 15.3 Å². The van der Waals surface area contributed by atoms with Crippen LogP contribution < -0.4 is 0 Å². The molecule has 3 heteroatoms. The van der Waals surface area contributed by atoms with Gasteiger partial charge in [-0.2, -0.15) is 0 Å². The third-order valence-corrected chi connectivity index (χ3v) is 5.35.